The van der Waals surface area contributed by atoms with Crippen molar-refractivity contribution in [1.82, 2.24) is 10.2 Å². The van der Waals surface area contributed by atoms with Crippen molar-refractivity contribution in [2.24, 2.45) is 0 Å². The Bertz CT molecular complexity index is 604. The van der Waals surface area contributed by atoms with Gasteiger partial charge in [0, 0.05) is 0 Å². The number of para-hydroxylation sites is 2. The van der Waals surface area contributed by atoms with E-state index in [1.165, 1.54) is 11.3 Å². The molecule has 0 fully saturated rings. The SMILES string of the molecule is CCSc1nnc(NC(=O)COc2ccccc2OC)s1. The van der Waals surface area contributed by atoms with Gasteiger partial charge in [-0.25, -0.2) is 0 Å². The average molecular weight is 325 g/mol. The standard InChI is InChI=1S/C13H15N3O3S2/c1-3-20-13-16-15-12(21-13)14-11(17)8-19-10-7-5-4-6-9(10)18-2/h4-7H,3,8H2,1-2H3,(H,14,15,17). The number of methoxy groups -OCH3 is 1. The number of nitrogens with one attached hydrogen (secondary N) is 1. The number of benzene rings is 1. The van der Waals surface area contributed by atoms with Crippen LogP contribution in [0.4, 0.5) is 5.13 Å². The van der Waals surface area contributed by atoms with Gasteiger partial charge in [0.25, 0.3) is 5.91 Å². The van der Waals surface area contributed by atoms with Crippen molar-refractivity contribution >= 4 is 34.1 Å². The van der Waals surface area contributed by atoms with Crippen molar-refractivity contribution in [3.63, 3.8) is 0 Å². The zero-order valence-corrected chi connectivity index (χ0v) is 13.3. The lowest BCUT2D eigenvalue weighted by Crippen LogP contribution is -2.20. The van der Waals surface area contributed by atoms with E-state index < -0.39 is 0 Å². The first kappa shape index (κ1) is 15.6. The largest absolute Gasteiger partial charge is 0.493 e. The van der Waals surface area contributed by atoms with E-state index in [1.807, 2.05) is 19.1 Å². The molecule has 1 aromatic carbocycles. The first-order chi connectivity index (χ1) is 10.2. The van der Waals surface area contributed by atoms with Crippen LogP contribution < -0.4 is 14.8 Å². The van der Waals surface area contributed by atoms with Crippen molar-refractivity contribution in [3.05, 3.63) is 24.3 Å². The summed E-state index contributed by atoms with van der Waals surface area (Å²) < 4.78 is 11.4. The van der Waals surface area contributed by atoms with Crippen LogP contribution in [0.3, 0.4) is 0 Å². The van der Waals surface area contributed by atoms with Crippen LogP contribution in [0.1, 0.15) is 6.92 Å². The van der Waals surface area contributed by atoms with E-state index in [0.717, 1.165) is 10.1 Å². The number of nitrogens with zero attached hydrogens (tertiary/aromatic N) is 2. The molecule has 0 bridgehead atoms. The molecule has 0 atom stereocenters. The molecule has 0 unspecified atom stereocenters. The fourth-order valence-corrected chi connectivity index (χ4v) is 3.14. The van der Waals surface area contributed by atoms with Gasteiger partial charge in [0.05, 0.1) is 7.11 Å². The molecule has 21 heavy (non-hydrogen) atoms. The smallest absolute Gasteiger partial charge is 0.264 e. The molecule has 1 aromatic heterocycles. The number of thioether (sulfide) groups is 1. The molecule has 8 heteroatoms. The van der Waals surface area contributed by atoms with E-state index in [4.69, 9.17) is 9.47 Å². The van der Waals surface area contributed by atoms with E-state index in [2.05, 4.69) is 15.5 Å². The maximum atomic E-state index is 11.8. The van der Waals surface area contributed by atoms with Gasteiger partial charge in [-0.2, -0.15) is 0 Å². The Labute approximate surface area is 130 Å². The van der Waals surface area contributed by atoms with Crippen molar-refractivity contribution in [1.29, 1.82) is 0 Å². The number of anilines is 1. The van der Waals surface area contributed by atoms with Crippen LogP contribution >= 0.6 is 23.1 Å². The molecule has 0 radical (unpaired) electrons. The molecular formula is C13H15N3O3S2. The van der Waals surface area contributed by atoms with Crippen LogP contribution in [0.2, 0.25) is 0 Å². The third-order valence-electron chi connectivity index (χ3n) is 2.35. The van der Waals surface area contributed by atoms with Gasteiger partial charge >= 0.3 is 0 Å². The predicted octanol–water partition coefficient (Wildman–Crippen LogP) is 2.68. The summed E-state index contributed by atoms with van der Waals surface area (Å²) in [5.74, 6) is 1.74. The molecule has 112 valence electrons. The number of ether oxygens (including phenoxy) is 2. The van der Waals surface area contributed by atoms with Crippen molar-refractivity contribution < 1.29 is 14.3 Å². The topological polar surface area (TPSA) is 73.3 Å². The predicted molar refractivity (Wildman–Crippen MR) is 83.4 cm³/mol. The number of rotatable bonds is 7. The average Bonchev–Trinajstić information content (AvgIpc) is 2.93. The third kappa shape index (κ3) is 4.61. The fourth-order valence-electron chi connectivity index (χ4n) is 1.48. The van der Waals surface area contributed by atoms with Gasteiger partial charge in [-0.05, 0) is 17.9 Å². The molecule has 6 nitrogen and oxygen atoms in total. The number of carbonyl (C=O) groups is 1. The zero-order chi connectivity index (χ0) is 15.1. The quantitative estimate of drug-likeness (QED) is 0.623. The first-order valence-corrected chi connectivity index (χ1v) is 8.05. The van der Waals surface area contributed by atoms with Crippen molar-refractivity contribution in [2.45, 2.75) is 11.3 Å². The van der Waals surface area contributed by atoms with Crippen LogP contribution in [-0.2, 0) is 4.79 Å². The highest BCUT2D eigenvalue weighted by atomic mass is 32.2. The van der Waals surface area contributed by atoms with Crippen LogP contribution in [0.25, 0.3) is 0 Å². The monoisotopic (exact) mass is 325 g/mol. The number of hydrogen-bond acceptors (Lipinski definition) is 7. The molecule has 2 rings (SSSR count). The Balaban J connectivity index is 1.86. The minimum absolute atomic E-state index is 0.115. The second-order valence-electron chi connectivity index (χ2n) is 3.79. The fraction of sp³-hybridized carbons (Fsp3) is 0.308. The van der Waals surface area contributed by atoms with Crippen LogP contribution in [-0.4, -0.2) is 35.6 Å². The summed E-state index contributed by atoms with van der Waals surface area (Å²) >= 11 is 2.93. The van der Waals surface area contributed by atoms with E-state index in [0.29, 0.717) is 16.6 Å². The highest BCUT2D eigenvalue weighted by Crippen LogP contribution is 2.26. The Morgan fingerprint density at radius 3 is 2.81 bits per heavy atom. The Morgan fingerprint density at radius 1 is 1.33 bits per heavy atom. The van der Waals surface area contributed by atoms with Crippen LogP contribution in [0.5, 0.6) is 11.5 Å². The molecule has 1 amide bonds. The Hall–Kier alpha value is -1.80. The Kier molecular flexibility index (Phi) is 5.82. The van der Waals surface area contributed by atoms with Gasteiger partial charge in [0.1, 0.15) is 0 Å². The molecule has 0 spiro atoms. The summed E-state index contributed by atoms with van der Waals surface area (Å²) in [6.45, 7) is 1.92. The number of aromatic nitrogens is 2. The second-order valence-corrected chi connectivity index (χ2v) is 6.28. The zero-order valence-electron chi connectivity index (χ0n) is 11.7. The van der Waals surface area contributed by atoms with Gasteiger partial charge in [0.2, 0.25) is 5.13 Å². The molecule has 2 aromatic rings. The van der Waals surface area contributed by atoms with Gasteiger partial charge in [-0.15, -0.1) is 10.2 Å². The van der Waals surface area contributed by atoms with Gasteiger partial charge in [-0.1, -0.05) is 42.2 Å². The molecule has 0 aliphatic heterocycles. The normalized spacial score (nSPS) is 10.2. The summed E-state index contributed by atoms with van der Waals surface area (Å²) in [4.78, 5) is 11.8. The highest BCUT2D eigenvalue weighted by Gasteiger charge is 2.10. The van der Waals surface area contributed by atoms with Crippen molar-refractivity contribution in [3.8, 4) is 11.5 Å². The number of amides is 1. The number of hydrogen-bond donors (Lipinski definition) is 1. The summed E-state index contributed by atoms with van der Waals surface area (Å²) in [6, 6.07) is 7.16. The maximum absolute atomic E-state index is 11.8. The summed E-state index contributed by atoms with van der Waals surface area (Å²) in [5.41, 5.74) is 0. The van der Waals surface area contributed by atoms with Crippen molar-refractivity contribution in [2.75, 3.05) is 24.8 Å². The first-order valence-electron chi connectivity index (χ1n) is 6.25. The molecule has 0 aliphatic rings. The minimum Gasteiger partial charge on any atom is -0.493 e. The molecule has 1 N–H and O–H groups in total. The molecule has 1 heterocycles. The molecular weight excluding hydrogens is 310 g/mol. The third-order valence-corrected chi connectivity index (χ3v) is 4.20. The lowest BCUT2D eigenvalue weighted by atomic mass is 10.3. The number of carbonyl (C=O) groups excluding carboxylic acids is 1. The van der Waals surface area contributed by atoms with Gasteiger partial charge in [-0.3, -0.25) is 10.1 Å². The van der Waals surface area contributed by atoms with Gasteiger partial charge in [0.15, 0.2) is 22.4 Å². The lowest BCUT2D eigenvalue weighted by Gasteiger charge is -2.09. The molecule has 0 aliphatic carbocycles. The molecule has 0 saturated heterocycles. The summed E-state index contributed by atoms with van der Waals surface area (Å²) in [6.07, 6.45) is 0. The lowest BCUT2D eigenvalue weighted by molar-refractivity contribution is -0.118. The van der Waals surface area contributed by atoms with E-state index >= 15 is 0 Å². The van der Waals surface area contributed by atoms with Crippen LogP contribution in [0, 0.1) is 0 Å². The van der Waals surface area contributed by atoms with E-state index in [1.54, 1.807) is 31.0 Å². The second kappa shape index (κ2) is 7.84. The molecule has 0 saturated carbocycles. The van der Waals surface area contributed by atoms with E-state index in [9.17, 15) is 4.79 Å². The van der Waals surface area contributed by atoms with Crippen LogP contribution in [0.15, 0.2) is 28.6 Å². The minimum atomic E-state index is -0.287. The summed E-state index contributed by atoms with van der Waals surface area (Å²) in [7, 11) is 1.55. The van der Waals surface area contributed by atoms with Gasteiger partial charge < -0.3 is 9.47 Å². The maximum Gasteiger partial charge on any atom is 0.264 e. The Morgan fingerprint density at radius 2 is 2.10 bits per heavy atom. The highest BCUT2D eigenvalue weighted by molar-refractivity contribution is 8.01. The van der Waals surface area contributed by atoms with E-state index in [-0.39, 0.29) is 12.5 Å². The summed E-state index contributed by atoms with van der Waals surface area (Å²) in [5, 5.41) is 11.0.